The minimum Gasteiger partial charge on any atom is -0.438 e. The molecule has 0 radical (unpaired) electrons. The van der Waals surface area contributed by atoms with E-state index in [0.717, 1.165) is 12.0 Å². The molecule has 5 heteroatoms. The van der Waals surface area contributed by atoms with Crippen LogP contribution in [0.3, 0.4) is 0 Å². The summed E-state index contributed by atoms with van der Waals surface area (Å²) in [5.41, 5.74) is 1.31. The summed E-state index contributed by atoms with van der Waals surface area (Å²) in [5, 5.41) is 0.374. The number of benzene rings is 1. The number of ether oxygens (including phenoxy) is 1. The summed E-state index contributed by atoms with van der Waals surface area (Å²) in [6.07, 6.45) is 2.94. The Morgan fingerprint density at radius 3 is 2.79 bits per heavy atom. The van der Waals surface area contributed by atoms with Gasteiger partial charge in [0, 0.05) is 6.07 Å². The minimum absolute atomic E-state index is 0.310. The summed E-state index contributed by atoms with van der Waals surface area (Å²) in [5.74, 6) is 0.468. The molecule has 0 aliphatic carbocycles. The van der Waals surface area contributed by atoms with Crippen molar-refractivity contribution in [3.05, 3.63) is 46.6 Å². The second-order valence-corrected chi connectivity index (χ2v) is 4.57. The first-order valence-electron chi connectivity index (χ1n) is 6.05. The van der Waals surface area contributed by atoms with Crippen molar-refractivity contribution < 1.29 is 9.13 Å². The van der Waals surface area contributed by atoms with Gasteiger partial charge in [0.25, 0.3) is 0 Å². The second kappa shape index (κ2) is 5.97. The Morgan fingerprint density at radius 2 is 2.11 bits per heavy atom. The van der Waals surface area contributed by atoms with Gasteiger partial charge in [-0.1, -0.05) is 31.0 Å². The summed E-state index contributed by atoms with van der Waals surface area (Å²) < 4.78 is 19.1. The van der Waals surface area contributed by atoms with Crippen LogP contribution in [0, 0.1) is 12.7 Å². The summed E-state index contributed by atoms with van der Waals surface area (Å²) in [7, 11) is 0. The molecule has 0 N–H and O–H groups in total. The van der Waals surface area contributed by atoms with Gasteiger partial charge >= 0.3 is 0 Å². The molecule has 0 amide bonds. The van der Waals surface area contributed by atoms with Crippen LogP contribution < -0.4 is 4.74 Å². The highest BCUT2D eigenvalue weighted by atomic mass is 35.5. The average molecular weight is 281 g/mol. The quantitative estimate of drug-likeness (QED) is 0.782. The molecule has 1 heterocycles. The zero-order valence-electron chi connectivity index (χ0n) is 10.8. The van der Waals surface area contributed by atoms with Gasteiger partial charge in [-0.05, 0) is 25.0 Å². The van der Waals surface area contributed by atoms with Crippen LogP contribution in [-0.4, -0.2) is 9.97 Å². The average Bonchev–Trinajstić information content (AvgIpc) is 2.38. The highest BCUT2D eigenvalue weighted by Gasteiger charge is 2.12. The molecule has 3 nitrogen and oxygen atoms in total. The van der Waals surface area contributed by atoms with Gasteiger partial charge in [-0.15, -0.1) is 0 Å². The largest absolute Gasteiger partial charge is 0.438 e. The van der Waals surface area contributed by atoms with Crippen molar-refractivity contribution in [2.75, 3.05) is 0 Å². The van der Waals surface area contributed by atoms with Crippen molar-refractivity contribution in [1.82, 2.24) is 9.97 Å². The van der Waals surface area contributed by atoms with Crippen LogP contribution in [-0.2, 0) is 6.42 Å². The zero-order chi connectivity index (χ0) is 13.8. The molecule has 100 valence electrons. The Kier molecular flexibility index (Phi) is 4.32. The summed E-state index contributed by atoms with van der Waals surface area (Å²) in [4.78, 5) is 8.00. The standard InChI is InChI=1S/C14H14ClFN2O/c1-3-4-11-13(15)17-8-18-14(11)19-10-6-5-9(2)12(16)7-10/h5-8H,3-4H2,1-2H3. The fraction of sp³-hybridized carbons (Fsp3) is 0.286. The molecule has 0 aliphatic heterocycles. The van der Waals surface area contributed by atoms with Gasteiger partial charge < -0.3 is 4.74 Å². The maximum Gasteiger partial charge on any atom is 0.227 e. The van der Waals surface area contributed by atoms with E-state index in [-0.39, 0.29) is 5.82 Å². The normalized spacial score (nSPS) is 10.5. The number of aromatic nitrogens is 2. The highest BCUT2D eigenvalue weighted by molar-refractivity contribution is 6.30. The summed E-state index contributed by atoms with van der Waals surface area (Å²) in [6, 6.07) is 4.69. The summed E-state index contributed by atoms with van der Waals surface area (Å²) in [6.45, 7) is 3.72. The molecule has 0 aliphatic rings. The van der Waals surface area contributed by atoms with E-state index in [1.54, 1.807) is 19.1 Å². The molecule has 0 bridgehead atoms. The zero-order valence-corrected chi connectivity index (χ0v) is 11.5. The van der Waals surface area contributed by atoms with E-state index >= 15 is 0 Å². The molecule has 0 unspecified atom stereocenters. The third-order valence-corrected chi connectivity index (χ3v) is 3.04. The molecule has 2 rings (SSSR count). The van der Waals surface area contributed by atoms with Crippen LogP contribution in [0.2, 0.25) is 5.15 Å². The molecule has 1 aromatic heterocycles. The lowest BCUT2D eigenvalue weighted by atomic mass is 10.2. The number of aryl methyl sites for hydroxylation is 1. The van der Waals surface area contributed by atoms with E-state index in [0.29, 0.717) is 28.8 Å². The van der Waals surface area contributed by atoms with Crippen LogP contribution in [0.15, 0.2) is 24.5 Å². The molecule has 1 aromatic carbocycles. The second-order valence-electron chi connectivity index (χ2n) is 4.21. The lowest BCUT2D eigenvalue weighted by molar-refractivity contribution is 0.449. The fourth-order valence-corrected chi connectivity index (χ4v) is 1.89. The Bertz CT molecular complexity index is 590. The first-order valence-corrected chi connectivity index (χ1v) is 6.43. The fourth-order valence-electron chi connectivity index (χ4n) is 1.67. The molecule has 0 fully saturated rings. The molecular formula is C14H14ClFN2O. The Hall–Kier alpha value is -1.68. The van der Waals surface area contributed by atoms with Crippen molar-refractivity contribution in [3.63, 3.8) is 0 Å². The lowest BCUT2D eigenvalue weighted by Gasteiger charge is -2.10. The Balaban J connectivity index is 2.32. The third kappa shape index (κ3) is 3.20. The van der Waals surface area contributed by atoms with Gasteiger partial charge in [-0.2, -0.15) is 0 Å². The predicted molar refractivity (Wildman–Crippen MR) is 72.2 cm³/mol. The topological polar surface area (TPSA) is 35.0 Å². The monoisotopic (exact) mass is 280 g/mol. The summed E-state index contributed by atoms with van der Waals surface area (Å²) >= 11 is 6.03. The van der Waals surface area contributed by atoms with Gasteiger partial charge in [0.15, 0.2) is 0 Å². The van der Waals surface area contributed by atoms with Gasteiger partial charge in [-0.3, -0.25) is 0 Å². The van der Waals surface area contributed by atoms with E-state index in [9.17, 15) is 4.39 Å². The van der Waals surface area contributed by atoms with Crippen molar-refractivity contribution >= 4 is 11.6 Å². The first-order chi connectivity index (χ1) is 9.11. The molecule has 0 atom stereocenters. The molecule has 0 spiro atoms. The van der Waals surface area contributed by atoms with Crippen LogP contribution in [0.4, 0.5) is 4.39 Å². The third-order valence-electron chi connectivity index (χ3n) is 2.71. The van der Waals surface area contributed by atoms with Gasteiger partial charge in [0.05, 0.1) is 5.56 Å². The van der Waals surface area contributed by atoms with Crippen molar-refractivity contribution in [2.45, 2.75) is 26.7 Å². The highest BCUT2D eigenvalue weighted by Crippen LogP contribution is 2.28. The van der Waals surface area contributed by atoms with E-state index in [4.69, 9.17) is 16.3 Å². The van der Waals surface area contributed by atoms with Crippen molar-refractivity contribution in [2.24, 2.45) is 0 Å². The molecular weight excluding hydrogens is 267 g/mol. The van der Waals surface area contributed by atoms with E-state index in [2.05, 4.69) is 9.97 Å². The van der Waals surface area contributed by atoms with Gasteiger partial charge in [0.2, 0.25) is 5.88 Å². The van der Waals surface area contributed by atoms with Crippen LogP contribution >= 0.6 is 11.6 Å². The van der Waals surface area contributed by atoms with E-state index < -0.39 is 0 Å². The Morgan fingerprint density at radius 1 is 1.32 bits per heavy atom. The molecule has 0 saturated heterocycles. The van der Waals surface area contributed by atoms with Crippen molar-refractivity contribution in [3.8, 4) is 11.6 Å². The van der Waals surface area contributed by atoms with Crippen LogP contribution in [0.5, 0.6) is 11.6 Å². The van der Waals surface area contributed by atoms with Crippen LogP contribution in [0.25, 0.3) is 0 Å². The number of hydrogen-bond acceptors (Lipinski definition) is 3. The number of nitrogens with zero attached hydrogens (tertiary/aromatic N) is 2. The van der Waals surface area contributed by atoms with Crippen molar-refractivity contribution in [1.29, 1.82) is 0 Å². The van der Waals surface area contributed by atoms with E-state index in [1.165, 1.54) is 12.4 Å². The number of rotatable bonds is 4. The predicted octanol–water partition coefficient (Wildman–Crippen LogP) is 4.32. The molecule has 19 heavy (non-hydrogen) atoms. The SMILES string of the molecule is CCCc1c(Cl)ncnc1Oc1ccc(C)c(F)c1. The maximum absolute atomic E-state index is 13.5. The first kappa shape index (κ1) is 13.7. The lowest BCUT2D eigenvalue weighted by Crippen LogP contribution is -1.98. The Labute approximate surface area is 116 Å². The minimum atomic E-state index is -0.310. The number of hydrogen-bond donors (Lipinski definition) is 0. The van der Waals surface area contributed by atoms with E-state index in [1.807, 2.05) is 6.92 Å². The molecule has 0 saturated carbocycles. The smallest absolute Gasteiger partial charge is 0.227 e. The van der Waals surface area contributed by atoms with Gasteiger partial charge in [0.1, 0.15) is 23.0 Å². The molecule has 2 aromatic rings. The van der Waals surface area contributed by atoms with Crippen LogP contribution in [0.1, 0.15) is 24.5 Å². The van der Waals surface area contributed by atoms with Gasteiger partial charge in [-0.25, -0.2) is 14.4 Å². The number of halogens is 2. The maximum atomic E-state index is 13.5.